The molecule has 0 aliphatic rings. The second-order valence-corrected chi connectivity index (χ2v) is 6.32. The maximum atomic E-state index is 12.6. The zero-order chi connectivity index (χ0) is 19.5. The van der Waals surface area contributed by atoms with E-state index in [-0.39, 0.29) is 11.1 Å². The molecule has 3 aromatic carbocycles. The maximum absolute atomic E-state index is 12.6. The molecule has 1 heterocycles. The number of hydrogen-bond donors (Lipinski definition) is 2. The summed E-state index contributed by atoms with van der Waals surface area (Å²) in [6.07, 6.45) is 3.38. The fraction of sp³-hybridized carbons (Fsp3) is 0.0455. The third-order valence-electron chi connectivity index (χ3n) is 4.56. The van der Waals surface area contributed by atoms with Crippen molar-refractivity contribution in [2.24, 2.45) is 0 Å². The molecule has 0 aliphatic heterocycles. The highest BCUT2D eigenvalue weighted by atomic mass is 16.4. The van der Waals surface area contributed by atoms with Gasteiger partial charge in [-0.3, -0.25) is 10.1 Å². The van der Waals surface area contributed by atoms with Gasteiger partial charge in [-0.1, -0.05) is 54.6 Å². The number of aromatic carboxylic acids is 1. The third-order valence-corrected chi connectivity index (χ3v) is 4.56. The first-order valence-electron chi connectivity index (χ1n) is 8.75. The second-order valence-electron chi connectivity index (χ2n) is 6.32. The molecule has 2 N–H and O–H groups in total. The minimum absolute atomic E-state index is 0.0489. The van der Waals surface area contributed by atoms with Gasteiger partial charge in [-0.05, 0) is 28.5 Å². The SMILES string of the molecule is O=C(O)c1ccccc1C(=O)Nc1nccn1Cc1cccc2ccccc12. The minimum Gasteiger partial charge on any atom is -0.478 e. The van der Waals surface area contributed by atoms with Crippen molar-refractivity contribution in [3.8, 4) is 0 Å². The lowest BCUT2D eigenvalue weighted by molar-refractivity contribution is 0.0692. The van der Waals surface area contributed by atoms with E-state index in [1.165, 1.54) is 12.1 Å². The van der Waals surface area contributed by atoms with E-state index >= 15 is 0 Å². The molecule has 28 heavy (non-hydrogen) atoms. The molecule has 6 heteroatoms. The molecule has 0 fully saturated rings. The Balaban J connectivity index is 1.62. The zero-order valence-electron chi connectivity index (χ0n) is 14.9. The number of carboxylic acid groups (broad SMARTS) is 1. The molecule has 1 amide bonds. The molecule has 0 spiro atoms. The van der Waals surface area contributed by atoms with Gasteiger partial charge in [0.25, 0.3) is 5.91 Å². The number of carboxylic acids is 1. The Hall–Kier alpha value is -3.93. The fourth-order valence-corrected chi connectivity index (χ4v) is 3.21. The molecule has 6 nitrogen and oxygen atoms in total. The summed E-state index contributed by atoms with van der Waals surface area (Å²) >= 11 is 0. The van der Waals surface area contributed by atoms with Crippen LogP contribution in [-0.2, 0) is 6.54 Å². The van der Waals surface area contributed by atoms with Crippen molar-refractivity contribution in [3.63, 3.8) is 0 Å². The number of benzene rings is 3. The first-order valence-corrected chi connectivity index (χ1v) is 8.75. The molecule has 4 aromatic rings. The van der Waals surface area contributed by atoms with Gasteiger partial charge < -0.3 is 9.67 Å². The summed E-state index contributed by atoms with van der Waals surface area (Å²) in [5, 5.41) is 14.3. The number of amides is 1. The lowest BCUT2D eigenvalue weighted by atomic mass is 10.0. The van der Waals surface area contributed by atoms with Crippen molar-refractivity contribution in [2.45, 2.75) is 6.54 Å². The van der Waals surface area contributed by atoms with Crippen LogP contribution in [0.2, 0.25) is 0 Å². The molecule has 0 saturated heterocycles. The van der Waals surface area contributed by atoms with Crippen LogP contribution in [0.1, 0.15) is 26.3 Å². The summed E-state index contributed by atoms with van der Waals surface area (Å²) in [6.45, 7) is 0.525. The number of nitrogens with zero attached hydrogens (tertiary/aromatic N) is 2. The van der Waals surface area contributed by atoms with Gasteiger partial charge in [-0.15, -0.1) is 0 Å². The first kappa shape index (κ1) is 17.5. The van der Waals surface area contributed by atoms with E-state index in [9.17, 15) is 14.7 Å². The normalized spacial score (nSPS) is 10.7. The van der Waals surface area contributed by atoms with E-state index in [1.807, 2.05) is 28.8 Å². The van der Waals surface area contributed by atoms with Gasteiger partial charge in [0.1, 0.15) is 0 Å². The standard InChI is InChI=1S/C22H17N3O3/c26-20(18-10-3-4-11-19(18)21(27)28)24-22-23-12-13-25(22)14-16-8-5-7-15-6-1-2-9-17(15)16/h1-13H,14H2,(H,27,28)(H,23,24,26). The highest BCUT2D eigenvalue weighted by molar-refractivity contribution is 6.10. The van der Waals surface area contributed by atoms with Crippen molar-refractivity contribution < 1.29 is 14.7 Å². The van der Waals surface area contributed by atoms with E-state index < -0.39 is 11.9 Å². The van der Waals surface area contributed by atoms with E-state index in [2.05, 4.69) is 28.5 Å². The van der Waals surface area contributed by atoms with Crippen LogP contribution in [0.3, 0.4) is 0 Å². The first-order chi connectivity index (χ1) is 13.6. The van der Waals surface area contributed by atoms with Crippen LogP contribution in [-0.4, -0.2) is 26.5 Å². The maximum Gasteiger partial charge on any atom is 0.336 e. The summed E-state index contributed by atoms with van der Waals surface area (Å²) in [6, 6.07) is 20.3. The zero-order valence-corrected chi connectivity index (χ0v) is 14.9. The molecule has 0 unspecified atom stereocenters. The highest BCUT2D eigenvalue weighted by Crippen LogP contribution is 2.21. The van der Waals surface area contributed by atoms with Crippen molar-refractivity contribution in [1.29, 1.82) is 0 Å². The molecule has 0 bridgehead atoms. The predicted octanol–water partition coefficient (Wildman–Crippen LogP) is 4.04. The van der Waals surface area contributed by atoms with Crippen LogP contribution in [0.5, 0.6) is 0 Å². The Labute approximate surface area is 161 Å². The minimum atomic E-state index is -1.15. The van der Waals surface area contributed by atoms with Crippen molar-refractivity contribution in [1.82, 2.24) is 9.55 Å². The lowest BCUT2D eigenvalue weighted by Crippen LogP contribution is -2.19. The van der Waals surface area contributed by atoms with Gasteiger partial charge in [-0.25, -0.2) is 9.78 Å². The highest BCUT2D eigenvalue weighted by Gasteiger charge is 2.17. The Morgan fingerprint density at radius 2 is 1.64 bits per heavy atom. The summed E-state index contributed by atoms with van der Waals surface area (Å²) in [5.41, 5.74) is 1.14. The quantitative estimate of drug-likeness (QED) is 0.555. The van der Waals surface area contributed by atoms with E-state index in [4.69, 9.17) is 0 Å². The number of fused-ring (bicyclic) bond motifs is 1. The van der Waals surface area contributed by atoms with Gasteiger partial charge in [0.05, 0.1) is 17.7 Å². The van der Waals surface area contributed by atoms with Crippen molar-refractivity contribution in [3.05, 3.63) is 95.8 Å². The summed E-state index contributed by atoms with van der Waals surface area (Å²) < 4.78 is 1.82. The molecule has 138 valence electrons. The molecular weight excluding hydrogens is 354 g/mol. The van der Waals surface area contributed by atoms with Crippen molar-refractivity contribution in [2.75, 3.05) is 5.32 Å². The van der Waals surface area contributed by atoms with Gasteiger partial charge in [0, 0.05) is 12.4 Å². The molecule has 0 atom stereocenters. The number of hydrogen-bond acceptors (Lipinski definition) is 3. The Kier molecular flexibility index (Phi) is 4.60. The number of anilines is 1. The van der Waals surface area contributed by atoms with Gasteiger partial charge >= 0.3 is 5.97 Å². The van der Waals surface area contributed by atoms with Crippen LogP contribution in [0, 0.1) is 0 Å². The van der Waals surface area contributed by atoms with Gasteiger partial charge in [-0.2, -0.15) is 0 Å². The molecular formula is C22H17N3O3. The van der Waals surface area contributed by atoms with Crippen LogP contribution >= 0.6 is 0 Å². The average Bonchev–Trinajstić information content (AvgIpc) is 3.14. The van der Waals surface area contributed by atoms with Crippen LogP contribution in [0.15, 0.2) is 79.1 Å². The lowest BCUT2D eigenvalue weighted by Gasteiger charge is -2.12. The van der Waals surface area contributed by atoms with E-state index in [0.29, 0.717) is 12.5 Å². The second kappa shape index (κ2) is 7.36. The summed E-state index contributed by atoms with van der Waals surface area (Å²) in [4.78, 5) is 28.2. The largest absolute Gasteiger partial charge is 0.478 e. The monoisotopic (exact) mass is 371 g/mol. The van der Waals surface area contributed by atoms with Gasteiger partial charge in [0.2, 0.25) is 5.95 Å². The average molecular weight is 371 g/mol. The van der Waals surface area contributed by atoms with E-state index in [0.717, 1.165) is 16.3 Å². The molecule has 0 aliphatic carbocycles. The van der Waals surface area contributed by atoms with Crippen molar-refractivity contribution >= 4 is 28.6 Å². The van der Waals surface area contributed by atoms with Gasteiger partial charge in [0.15, 0.2) is 0 Å². The third kappa shape index (κ3) is 3.35. The number of aromatic nitrogens is 2. The number of rotatable bonds is 5. The Morgan fingerprint density at radius 3 is 2.46 bits per heavy atom. The smallest absolute Gasteiger partial charge is 0.336 e. The summed E-state index contributed by atoms with van der Waals surface area (Å²) in [5.74, 6) is -1.30. The summed E-state index contributed by atoms with van der Waals surface area (Å²) in [7, 11) is 0. The number of imidazole rings is 1. The van der Waals surface area contributed by atoms with Crippen LogP contribution < -0.4 is 5.32 Å². The molecule has 0 saturated carbocycles. The molecule has 0 radical (unpaired) electrons. The van der Waals surface area contributed by atoms with Crippen LogP contribution in [0.4, 0.5) is 5.95 Å². The molecule has 1 aromatic heterocycles. The Bertz CT molecular complexity index is 1180. The van der Waals surface area contributed by atoms with Crippen LogP contribution in [0.25, 0.3) is 10.8 Å². The predicted molar refractivity (Wildman–Crippen MR) is 107 cm³/mol. The number of carbonyl (C=O) groups excluding carboxylic acids is 1. The van der Waals surface area contributed by atoms with E-state index in [1.54, 1.807) is 24.5 Å². The fourth-order valence-electron chi connectivity index (χ4n) is 3.21. The topological polar surface area (TPSA) is 84.2 Å². The Morgan fingerprint density at radius 1 is 0.929 bits per heavy atom. The number of carbonyl (C=O) groups is 2. The molecule has 4 rings (SSSR count). The number of nitrogens with one attached hydrogen (secondary N) is 1.